The maximum atomic E-state index is 12.5. The van der Waals surface area contributed by atoms with Gasteiger partial charge in [-0.05, 0) is 78.5 Å². The van der Waals surface area contributed by atoms with Crippen molar-refractivity contribution in [3.05, 3.63) is 84.4 Å². The van der Waals surface area contributed by atoms with E-state index in [2.05, 4.69) is 41.7 Å². The van der Waals surface area contributed by atoms with Crippen LogP contribution in [0.4, 0.5) is 5.69 Å². The maximum absolute atomic E-state index is 12.5. The van der Waals surface area contributed by atoms with Crippen LogP contribution >= 0.6 is 0 Å². The van der Waals surface area contributed by atoms with Crippen LogP contribution in [-0.4, -0.2) is 13.0 Å². The molecule has 0 saturated heterocycles. The lowest BCUT2D eigenvalue weighted by molar-refractivity contribution is -0.117. The van der Waals surface area contributed by atoms with Gasteiger partial charge in [0.15, 0.2) is 0 Å². The van der Waals surface area contributed by atoms with E-state index >= 15 is 0 Å². The second kappa shape index (κ2) is 15.0. The number of amides is 1. The van der Waals surface area contributed by atoms with E-state index in [1.54, 1.807) is 7.11 Å². The number of hydrogen-bond acceptors (Lipinski definition) is 2. The fourth-order valence-corrected chi connectivity index (χ4v) is 4.43. The molecule has 0 bridgehead atoms. The van der Waals surface area contributed by atoms with Gasteiger partial charge in [-0.25, -0.2) is 0 Å². The first-order chi connectivity index (χ1) is 16.7. The van der Waals surface area contributed by atoms with Gasteiger partial charge in [0, 0.05) is 12.1 Å². The molecule has 0 aliphatic heterocycles. The van der Waals surface area contributed by atoms with Crippen LogP contribution in [-0.2, 0) is 4.79 Å². The SMILES string of the molecule is CC.CC.COc1ccc(C2CCC(CC(=O)Nc3ccc(-c4ccccc4)cc3)CC2)cc1. The molecule has 3 aromatic rings. The summed E-state index contributed by atoms with van der Waals surface area (Å²) in [4.78, 5) is 12.5. The van der Waals surface area contributed by atoms with Gasteiger partial charge in [-0.1, -0.05) is 82.3 Å². The molecule has 3 heteroatoms. The van der Waals surface area contributed by atoms with Crippen molar-refractivity contribution in [3.63, 3.8) is 0 Å². The number of carbonyl (C=O) groups is 1. The van der Waals surface area contributed by atoms with Crippen molar-refractivity contribution in [1.29, 1.82) is 0 Å². The average Bonchev–Trinajstić information content (AvgIpc) is 2.92. The third kappa shape index (κ3) is 8.06. The van der Waals surface area contributed by atoms with Gasteiger partial charge in [-0.2, -0.15) is 0 Å². The molecule has 3 aromatic carbocycles. The monoisotopic (exact) mass is 459 g/mol. The Morgan fingerprint density at radius 2 is 1.32 bits per heavy atom. The topological polar surface area (TPSA) is 38.3 Å². The zero-order valence-electron chi connectivity index (χ0n) is 21.5. The molecule has 1 N–H and O–H groups in total. The molecular formula is C31H41NO2. The van der Waals surface area contributed by atoms with Gasteiger partial charge < -0.3 is 10.1 Å². The lowest BCUT2D eigenvalue weighted by atomic mass is 9.77. The van der Waals surface area contributed by atoms with Crippen molar-refractivity contribution in [1.82, 2.24) is 0 Å². The first kappa shape index (κ1) is 27.2. The molecule has 0 heterocycles. The number of methoxy groups -OCH3 is 1. The fourth-order valence-electron chi connectivity index (χ4n) is 4.43. The van der Waals surface area contributed by atoms with Crippen LogP contribution in [0.2, 0.25) is 0 Å². The summed E-state index contributed by atoms with van der Waals surface area (Å²) in [5.74, 6) is 2.10. The summed E-state index contributed by atoms with van der Waals surface area (Å²) in [6, 6.07) is 26.8. The molecule has 1 aliphatic carbocycles. The molecule has 1 fully saturated rings. The Bertz CT molecular complexity index is 941. The van der Waals surface area contributed by atoms with Gasteiger partial charge in [0.2, 0.25) is 5.91 Å². The summed E-state index contributed by atoms with van der Waals surface area (Å²) < 4.78 is 5.25. The quantitative estimate of drug-likeness (QED) is 0.400. The van der Waals surface area contributed by atoms with Crippen LogP contribution in [0.3, 0.4) is 0 Å². The summed E-state index contributed by atoms with van der Waals surface area (Å²) in [5.41, 5.74) is 4.60. The lowest BCUT2D eigenvalue weighted by Gasteiger charge is -2.28. The third-order valence-corrected chi connectivity index (χ3v) is 6.18. The molecule has 0 aromatic heterocycles. The van der Waals surface area contributed by atoms with Gasteiger partial charge in [0.1, 0.15) is 5.75 Å². The zero-order chi connectivity index (χ0) is 24.8. The fraction of sp³-hybridized carbons (Fsp3) is 0.387. The minimum Gasteiger partial charge on any atom is -0.497 e. The molecule has 1 aliphatic rings. The van der Waals surface area contributed by atoms with Crippen LogP contribution in [0.5, 0.6) is 5.75 Å². The Morgan fingerprint density at radius 1 is 0.765 bits per heavy atom. The first-order valence-corrected chi connectivity index (χ1v) is 12.8. The van der Waals surface area contributed by atoms with Crippen molar-refractivity contribution in [3.8, 4) is 16.9 Å². The summed E-state index contributed by atoms with van der Waals surface area (Å²) >= 11 is 0. The summed E-state index contributed by atoms with van der Waals surface area (Å²) in [7, 11) is 1.70. The zero-order valence-corrected chi connectivity index (χ0v) is 21.5. The Labute approximate surface area is 206 Å². The largest absolute Gasteiger partial charge is 0.497 e. The Hall–Kier alpha value is -3.07. The van der Waals surface area contributed by atoms with Gasteiger partial charge in [-0.15, -0.1) is 0 Å². The normalized spacial score (nSPS) is 16.7. The van der Waals surface area contributed by atoms with Crippen molar-refractivity contribution < 1.29 is 9.53 Å². The van der Waals surface area contributed by atoms with E-state index in [0.717, 1.165) is 42.7 Å². The molecule has 1 saturated carbocycles. The van der Waals surface area contributed by atoms with E-state index in [0.29, 0.717) is 18.3 Å². The molecular weight excluding hydrogens is 418 g/mol. The van der Waals surface area contributed by atoms with E-state index in [-0.39, 0.29) is 5.91 Å². The van der Waals surface area contributed by atoms with E-state index < -0.39 is 0 Å². The number of hydrogen-bond donors (Lipinski definition) is 1. The lowest BCUT2D eigenvalue weighted by Crippen LogP contribution is -2.20. The predicted octanol–water partition coefficient (Wildman–Crippen LogP) is 8.72. The van der Waals surface area contributed by atoms with Gasteiger partial charge in [0.25, 0.3) is 0 Å². The molecule has 1 amide bonds. The highest BCUT2D eigenvalue weighted by molar-refractivity contribution is 5.91. The van der Waals surface area contributed by atoms with Crippen LogP contribution in [0.15, 0.2) is 78.9 Å². The molecule has 182 valence electrons. The molecule has 0 unspecified atom stereocenters. The standard InChI is InChI=1S/C27H29NO2.2C2H6/c1-30-26-17-13-24(14-18-26)22-9-7-20(8-10-22)19-27(29)28-25-15-11-23(12-16-25)21-5-3-2-4-6-21;2*1-2/h2-6,11-18,20,22H,7-10,19H2,1H3,(H,28,29);2*1-2H3. The second-order valence-corrected chi connectivity index (χ2v) is 8.19. The minimum absolute atomic E-state index is 0.121. The predicted molar refractivity (Wildman–Crippen MR) is 146 cm³/mol. The summed E-state index contributed by atoms with van der Waals surface area (Å²) in [5, 5.41) is 3.07. The number of anilines is 1. The molecule has 3 nitrogen and oxygen atoms in total. The Balaban J connectivity index is 0.000000970. The highest BCUT2D eigenvalue weighted by Crippen LogP contribution is 2.37. The van der Waals surface area contributed by atoms with E-state index in [4.69, 9.17) is 4.74 Å². The summed E-state index contributed by atoms with van der Waals surface area (Å²) in [6.07, 6.45) is 5.12. The Kier molecular flexibility index (Phi) is 12.0. The number of ether oxygens (including phenoxy) is 1. The van der Waals surface area contributed by atoms with Crippen LogP contribution < -0.4 is 10.1 Å². The minimum atomic E-state index is 0.121. The number of nitrogens with one attached hydrogen (secondary N) is 1. The van der Waals surface area contributed by atoms with Crippen molar-refractivity contribution in [2.24, 2.45) is 5.92 Å². The van der Waals surface area contributed by atoms with E-state index in [9.17, 15) is 4.79 Å². The van der Waals surface area contributed by atoms with Crippen LogP contribution in [0.25, 0.3) is 11.1 Å². The van der Waals surface area contributed by atoms with E-state index in [1.807, 2.05) is 70.2 Å². The van der Waals surface area contributed by atoms with Crippen LogP contribution in [0, 0.1) is 5.92 Å². The maximum Gasteiger partial charge on any atom is 0.224 e. The third-order valence-electron chi connectivity index (χ3n) is 6.18. The molecule has 0 spiro atoms. The first-order valence-electron chi connectivity index (χ1n) is 12.8. The number of carbonyl (C=O) groups excluding carboxylic acids is 1. The molecule has 0 radical (unpaired) electrons. The van der Waals surface area contributed by atoms with Crippen molar-refractivity contribution in [2.45, 2.75) is 65.7 Å². The molecule has 34 heavy (non-hydrogen) atoms. The molecule has 4 rings (SSSR count). The van der Waals surface area contributed by atoms with Gasteiger partial charge >= 0.3 is 0 Å². The Morgan fingerprint density at radius 3 is 1.88 bits per heavy atom. The van der Waals surface area contributed by atoms with Crippen molar-refractivity contribution in [2.75, 3.05) is 12.4 Å². The van der Waals surface area contributed by atoms with E-state index in [1.165, 1.54) is 11.1 Å². The van der Waals surface area contributed by atoms with Crippen LogP contribution in [0.1, 0.15) is 71.3 Å². The highest BCUT2D eigenvalue weighted by Gasteiger charge is 2.24. The number of benzene rings is 3. The van der Waals surface area contributed by atoms with Crippen molar-refractivity contribution >= 4 is 11.6 Å². The number of rotatable bonds is 6. The van der Waals surface area contributed by atoms with Gasteiger partial charge in [-0.3, -0.25) is 4.79 Å². The smallest absolute Gasteiger partial charge is 0.224 e. The highest BCUT2D eigenvalue weighted by atomic mass is 16.5. The second-order valence-electron chi connectivity index (χ2n) is 8.19. The average molecular weight is 460 g/mol. The summed E-state index contributed by atoms with van der Waals surface area (Å²) in [6.45, 7) is 8.00. The molecule has 0 atom stereocenters. The van der Waals surface area contributed by atoms with Gasteiger partial charge in [0.05, 0.1) is 7.11 Å².